The van der Waals surface area contributed by atoms with Crippen LogP contribution in [0.25, 0.3) is 0 Å². The van der Waals surface area contributed by atoms with Crippen molar-refractivity contribution in [3.8, 4) is 6.07 Å². The van der Waals surface area contributed by atoms with Gasteiger partial charge in [-0.2, -0.15) is 5.26 Å². The summed E-state index contributed by atoms with van der Waals surface area (Å²) in [5.41, 5.74) is 1.60. The highest BCUT2D eigenvalue weighted by molar-refractivity contribution is 9.09. The van der Waals surface area contributed by atoms with Gasteiger partial charge >= 0.3 is 0 Å². The molecule has 0 aromatic heterocycles. The molecule has 4 heteroatoms. The van der Waals surface area contributed by atoms with Crippen LogP contribution in [0.3, 0.4) is 0 Å². The second-order valence-electron chi connectivity index (χ2n) is 3.50. The molecule has 0 fully saturated rings. The van der Waals surface area contributed by atoms with E-state index in [0.717, 1.165) is 5.56 Å². The van der Waals surface area contributed by atoms with E-state index in [9.17, 15) is 4.79 Å². The molecule has 0 saturated carbocycles. The van der Waals surface area contributed by atoms with Crippen LogP contribution < -0.4 is 0 Å². The van der Waals surface area contributed by atoms with Crippen LogP contribution in [0.4, 0.5) is 0 Å². The number of halogens is 1. The largest absolute Gasteiger partial charge is 0.341 e. The molecule has 1 aromatic rings. The van der Waals surface area contributed by atoms with Crippen molar-refractivity contribution < 1.29 is 4.79 Å². The van der Waals surface area contributed by atoms with E-state index in [2.05, 4.69) is 22.0 Å². The maximum atomic E-state index is 11.5. The number of amides is 1. The molecule has 0 aliphatic heterocycles. The Hall–Kier alpha value is -1.34. The van der Waals surface area contributed by atoms with Crippen LogP contribution in [0.15, 0.2) is 24.3 Å². The molecule has 1 aromatic carbocycles. The summed E-state index contributed by atoms with van der Waals surface area (Å²) >= 11 is 3.24. The fourth-order valence-corrected chi connectivity index (χ4v) is 1.71. The van der Waals surface area contributed by atoms with Gasteiger partial charge in [0.1, 0.15) is 0 Å². The van der Waals surface area contributed by atoms with Crippen LogP contribution in [-0.2, 0) is 11.3 Å². The molecule has 0 unspecified atom stereocenters. The summed E-state index contributed by atoms with van der Waals surface area (Å²) in [6.07, 6.45) is 0.494. The van der Waals surface area contributed by atoms with Crippen LogP contribution in [-0.4, -0.2) is 23.2 Å². The molecule has 0 N–H and O–H groups in total. The summed E-state index contributed by atoms with van der Waals surface area (Å²) < 4.78 is 0. The normalized spacial score (nSPS) is 9.56. The van der Waals surface area contributed by atoms with E-state index >= 15 is 0 Å². The molecule has 0 bridgehead atoms. The van der Waals surface area contributed by atoms with Gasteiger partial charge in [0.05, 0.1) is 11.6 Å². The first-order chi connectivity index (χ1) is 7.67. The Balaban J connectivity index is 2.66. The third-order valence-corrected chi connectivity index (χ3v) is 2.61. The number of carbonyl (C=O) groups is 1. The lowest BCUT2D eigenvalue weighted by Gasteiger charge is -2.16. The lowest BCUT2D eigenvalue weighted by atomic mass is 10.1. The Bertz CT molecular complexity index is 412. The summed E-state index contributed by atoms with van der Waals surface area (Å²) in [6.45, 7) is 0.543. The first-order valence-electron chi connectivity index (χ1n) is 4.96. The Morgan fingerprint density at radius 3 is 2.94 bits per heavy atom. The minimum atomic E-state index is 0.0965. The smallest absolute Gasteiger partial charge is 0.223 e. The first kappa shape index (κ1) is 12.7. The molecular weight excluding hydrogens is 268 g/mol. The Kier molecular flexibility index (Phi) is 5.00. The van der Waals surface area contributed by atoms with Crippen LogP contribution in [0.2, 0.25) is 0 Å². The third kappa shape index (κ3) is 3.67. The predicted octanol–water partition coefficient (Wildman–Crippen LogP) is 2.30. The van der Waals surface area contributed by atoms with Crippen LogP contribution in [0.1, 0.15) is 17.5 Å². The summed E-state index contributed by atoms with van der Waals surface area (Å²) in [7, 11) is 1.77. The first-order valence-corrected chi connectivity index (χ1v) is 6.08. The van der Waals surface area contributed by atoms with E-state index < -0.39 is 0 Å². The van der Waals surface area contributed by atoms with Gasteiger partial charge in [-0.1, -0.05) is 28.1 Å². The number of carbonyl (C=O) groups excluding carboxylic acids is 1. The van der Waals surface area contributed by atoms with Crippen LogP contribution >= 0.6 is 15.9 Å². The van der Waals surface area contributed by atoms with E-state index in [1.165, 1.54) is 0 Å². The van der Waals surface area contributed by atoms with E-state index in [1.807, 2.05) is 12.1 Å². The number of alkyl halides is 1. The molecule has 0 radical (unpaired) electrons. The molecule has 0 spiro atoms. The molecule has 0 aliphatic rings. The fourth-order valence-electron chi connectivity index (χ4n) is 1.37. The van der Waals surface area contributed by atoms with E-state index in [1.54, 1.807) is 24.1 Å². The third-order valence-electron chi connectivity index (χ3n) is 2.21. The number of benzene rings is 1. The molecule has 1 amide bonds. The fraction of sp³-hybridized carbons (Fsp3) is 0.333. The topological polar surface area (TPSA) is 44.1 Å². The molecule has 0 saturated heterocycles. The maximum absolute atomic E-state index is 11.5. The lowest BCUT2D eigenvalue weighted by molar-refractivity contribution is -0.129. The molecule has 3 nitrogen and oxygen atoms in total. The quantitative estimate of drug-likeness (QED) is 0.795. The average molecular weight is 281 g/mol. The van der Waals surface area contributed by atoms with Gasteiger partial charge in [0, 0.05) is 25.3 Å². The van der Waals surface area contributed by atoms with Gasteiger partial charge in [-0.3, -0.25) is 4.79 Å². The van der Waals surface area contributed by atoms with Crippen molar-refractivity contribution in [3.05, 3.63) is 35.4 Å². The van der Waals surface area contributed by atoms with E-state index in [4.69, 9.17) is 5.26 Å². The zero-order valence-corrected chi connectivity index (χ0v) is 10.7. The van der Waals surface area contributed by atoms with Crippen molar-refractivity contribution >= 4 is 21.8 Å². The number of hydrogen-bond donors (Lipinski definition) is 0. The van der Waals surface area contributed by atoms with Crippen molar-refractivity contribution in [2.75, 3.05) is 12.4 Å². The molecule has 1 rings (SSSR count). The molecular formula is C12H13BrN2O. The van der Waals surface area contributed by atoms with Crippen molar-refractivity contribution in [2.45, 2.75) is 13.0 Å². The highest BCUT2D eigenvalue weighted by atomic mass is 79.9. The van der Waals surface area contributed by atoms with Gasteiger partial charge < -0.3 is 4.90 Å². The van der Waals surface area contributed by atoms with Gasteiger partial charge in [0.15, 0.2) is 0 Å². The van der Waals surface area contributed by atoms with Gasteiger partial charge in [-0.25, -0.2) is 0 Å². The van der Waals surface area contributed by atoms with Crippen molar-refractivity contribution in [3.63, 3.8) is 0 Å². The predicted molar refractivity (Wildman–Crippen MR) is 66.0 cm³/mol. The second-order valence-corrected chi connectivity index (χ2v) is 4.29. The van der Waals surface area contributed by atoms with Crippen LogP contribution in [0, 0.1) is 11.3 Å². The Morgan fingerprint density at radius 2 is 2.31 bits per heavy atom. The monoisotopic (exact) mass is 280 g/mol. The zero-order valence-electron chi connectivity index (χ0n) is 9.11. The summed E-state index contributed by atoms with van der Waals surface area (Å²) in [5, 5.41) is 9.43. The Labute approximate surface area is 104 Å². The number of rotatable bonds is 4. The highest BCUT2D eigenvalue weighted by Gasteiger charge is 2.08. The lowest BCUT2D eigenvalue weighted by Crippen LogP contribution is -2.26. The van der Waals surface area contributed by atoms with Crippen molar-refractivity contribution in [2.24, 2.45) is 0 Å². The van der Waals surface area contributed by atoms with Crippen molar-refractivity contribution in [1.29, 1.82) is 5.26 Å². The molecule has 84 valence electrons. The van der Waals surface area contributed by atoms with Gasteiger partial charge in [0.25, 0.3) is 0 Å². The minimum absolute atomic E-state index is 0.0965. The molecule has 16 heavy (non-hydrogen) atoms. The number of nitriles is 1. The van der Waals surface area contributed by atoms with E-state index in [0.29, 0.717) is 23.9 Å². The maximum Gasteiger partial charge on any atom is 0.223 e. The van der Waals surface area contributed by atoms with Gasteiger partial charge in [-0.15, -0.1) is 0 Å². The average Bonchev–Trinajstić information content (AvgIpc) is 2.29. The number of hydrogen-bond acceptors (Lipinski definition) is 2. The second kappa shape index (κ2) is 6.29. The van der Waals surface area contributed by atoms with E-state index in [-0.39, 0.29) is 5.91 Å². The van der Waals surface area contributed by atoms with Crippen LogP contribution in [0.5, 0.6) is 0 Å². The standard InChI is InChI=1S/C12H13BrN2O/c1-15(12(16)5-6-13)9-11-4-2-3-10(7-11)8-14/h2-4,7H,5-6,9H2,1H3. The molecule has 0 aliphatic carbocycles. The Morgan fingerprint density at radius 1 is 1.56 bits per heavy atom. The minimum Gasteiger partial charge on any atom is -0.341 e. The SMILES string of the molecule is CN(Cc1cccc(C#N)c1)C(=O)CCBr. The molecule has 0 atom stereocenters. The summed E-state index contributed by atoms with van der Waals surface area (Å²) in [5.74, 6) is 0.0965. The van der Waals surface area contributed by atoms with Gasteiger partial charge in [-0.05, 0) is 17.7 Å². The zero-order chi connectivity index (χ0) is 12.0. The summed E-state index contributed by atoms with van der Waals surface area (Å²) in [4.78, 5) is 13.2. The summed E-state index contributed by atoms with van der Waals surface area (Å²) in [6, 6.07) is 9.39. The highest BCUT2D eigenvalue weighted by Crippen LogP contribution is 2.07. The van der Waals surface area contributed by atoms with Gasteiger partial charge in [0.2, 0.25) is 5.91 Å². The molecule has 0 heterocycles. The van der Waals surface area contributed by atoms with Crippen molar-refractivity contribution in [1.82, 2.24) is 4.90 Å². The number of nitrogens with zero attached hydrogens (tertiary/aromatic N) is 2.